The van der Waals surface area contributed by atoms with Crippen LogP contribution < -0.4 is 0 Å². The topological polar surface area (TPSA) is 3.24 Å². The van der Waals surface area contributed by atoms with Gasteiger partial charge in [0.1, 0.15) is 0 Å². The van der Waals surface area contributed by atoms with E-state index in [1.165, 1.54) is 24.1 Å². The van der Waals surface area contributed by atoms with Crippen LogP contribution in [-0.2, 0) is 0 Å². The van der Waals surface area contributed by atoms with Gasteiger partial charge in [0.25, 0.3) is 0 Å². The second kappa shape index (κ2) is 5.15. The molecule has 0 unspecified atom stereocenters. The monoisotopic (exact) mass is 279 g/mol. The smallest absolute Gasteiger partial charge is 0.0175 e. The molecule has 1 aromatic carbocycles. The molecule has 0 atom stereocenters. The SMILES string of the molecule is CC(C)N1CC=C(c2ccc(Br)cc2)CC1. The zero-order chi connectivity index (χ0) is 11.5. The van der Waals surface area contributed by atoms with Crippen molar-refractivity contribution in [1.29, 1.82) is 0 Å². The highest BCUT2D eigenvalue weighted by Gasteiger charge is 2.14. The molecule has 0 N–H and O–H groups in total. The van der Waals surface area contributed by atoms with Crippen molar-refractivity contribution in [1.82, 2.24) is 4.90 Å². The van der Waals surface area contributed by atoms with Gasteiger partial charge in [0.05, 0.1) is 0 Å². The van der Waals surface area contributed by atoms with Crippen molar-refractivity contribution in [2.75, 3.05) is 13.1 Å². The van der Waals surface area contributed by atoms with Gasteiger partial charge in [-0.2, -0.15) is 0 Å². The van der Waals surface area contributed by atoms with E-state index in [4.69, 9.17) is 0 Å². The average molecular weight is 280 g/mol. The predicted molar refractivity (Wildman–Crippen MR) is 73.4 cm³/mol. The van der Waals surface area contributed by atoms with Gasteiger partial charge >= 0.3 is 0 Å². The second-order valence-electron chi connectivity index (χ2n) is 4.57. The van der Waals surface area contributed by atoms with E-state index in [2.05, 4.69) is 65.0 Å². The van der Waals surface area contributed by atoms with Crippen LogP contribution in [0.25, 0.3) is 5.57 Å². The normalized spacial score (nSPS) is 17.6. The molecular formula is C14H18BrN. The van der Waals surface area contributed by atoms with Gasteiger partial charge in [0.15, 0.2) is 0 Å². The summed E-state index contributed by atoms with van der Waals surface area (Å²) < 4.78 is 1.15. The summed E-state index contributed by atoms with van der Waals surface area (Å²) in [5.74, 6) is 0. The Morgan fingerprint density at radius 1 is 1.19 bits per heavy atom. The van der Waals surface area contributed by atoms with Crippen LogP contribution >= 0.6 is 15.9 Å². The third-order valence-electron chi connectivity index (χ3n) is 3.19. The molecule has 0 fully saturated rings. The van der Waals surface area contributed by atoms with Crippen molar-refractivity contribution >= 4 is 21.5 Å². The van der Waals surface area contributed by atoms with Gasteiger partial charge in [-0.15, -0.1) is 0 Å². The molecule has 2 rings (SSSR count). The summed E-state index contributed by atoms with van der Waals surface area (Å²) in [5.41, 5.74) is 2.86. The molecule has 1 nitrogen and oxygen atoms in total. The minimum atomic E-state index is 0.655. The van der Waals surface area contributed by atoms with E-state index in [-0.39, 0.29) is 0 Å². The Morgan fingerprint density at radius 2 is 1.88 bits per heavy atom. The zero-order valence-corrected chi connectivity index (χ0v) is 11.5. The predicted octanol–water partition coefficient (Wildman–Crippen LogP) is 3.95. The lowest BCUT2D eigenvalue weighted by Crippen LogP contribution is -2.34. The Kier molecular flexibility index (Phi) is 3.82. The summed E-state index contributed by atoms with van der Waals surface area (Å²) in [7, 11) is 0. The number of hydrogen-bond acceptors (Lipinski definition) is 1. The van der Waals surface area contributed by atoms with Crippen LogP contribution in [0.15, 0.2) is 34.8 Å². The molecule has 2 heteroatoms. The first kappa shape index (κ1) is 11.9. The summed E-state index contributed by atoms with van der Waals surface area (Å²) in [6.07, 6.45) is 3.53. The van der Waals surface area contributed by atoms with Crippen molar-refractivity contribution in [3.63, 3.8) is 0 Å². The highest BCUT2D eigenvalue weighted by molar-refractivity contribution is 9.10. The van der Waals surface area contributed by atoms with Crippen molar-refractivity contribution in [2.24, 2.45) is 0 Å². The quantitative estimate of drug-likeness (QED) is 0.793. The fourth-order valence-electron chi connectivity index (χ4n) is 2.08. The Hall–Kier alpha value is -0.600. The standard InChI is InChI=1S/C14H18BrN/c1-11(2)16-9-7-13(8-10-16)12-3-5-14(15)6-4-12/h3-7,11H,8-10H2,1-2H3. The van der Waals surface area contributed by atoms with Gasteiger partial charge in [-0.05, 0) is 43.5 Å². The van der Waals surface area contributed by atoms with E-state index in [1.807, 2.05) is 0 Å². The highest BCUT2D eigenvalue weighted by atomic mass is 79.9. The molecule has 1 heterocycles. The minimum absolute atomic E-state index is 0.655. The Balaban J connectivity index is 2.10. The minimum Gasteiger partial charge on any atom is -0.297 e. The van der Waals surface area contributed by atoms with Gasteiger partial charge < -0.3 is 0 Å². The molecule has 0 aliphatic carbocycles. The van der Waals surface area contributed by atoms with Crippen molar-refractivity contribution < 1.29 is 0 Å². The number of nitrogens with zero attached hydrogens (tertiary/aromatic N) is 1. The Bertz CT molecular complexity index is 378. The number of benzene rings is 1. The average Bonchev–Trinajstić information content (AvgIpc) is 2.30. The van der Waals surface area contributed by atoms with Crippen LogP contribution in [0.2, 0.25) is 0 Å². The highest BCUT2D eigenvalue weighted by Crippen LogP contribution is 2.24. The molecule has 0 radical (unpaired) electrons. The molecule has 0 saturated heterocycles. The maximum Gasteiger partial charge on any atom is 0.0175 e. The summed E-state index contributed by atoms with van der Waals surface area (Å²) >= 11 is 3.47. The van der Waals surface area contributed by atoms with E-state index < -0.39 is 0 Å². The van der Waals surface area contributed by atoms with E-state index in [0.717, 1.165) is 11.0 Å². The maximum absolute atomic E-state index is 3.47. The van der Waals surface area contributed by atoms with Crippen molar-refractivity contribution in [3.05, 3.63) is 40.4 Å². The number of halogens is 1. The van der Waals surface area contributed by atoms with E-state index >= 15 is 0 Å². The molecular weight excluding hydrogens is 262 g/mol. The first-order chi connectivity index (χ1) is 7.66. The van der Waals surface area contributed by atoms with Gasteiger partial charge in [-0.1, -0.05) is 34.1 Å². The van der Waals surface area contributed by atoms with Gasteiger partial charge in [-0.25, -0.2) is 0 Å². The Labute approximate surface area is 106 Å². The van der Waals surface area contributed by atoms with Gasteiger partial charge in [0, 0.05) is 23.6 Å². The van der Waals surface area contributed by atoms with Crippen LogP contribution in [0.4, 0.5) is 0 Å². The van der Waals surface area contributed by atoms with Crippen molar-refractivity contribution in [3.8, 4) is 0 Å². The molecule has 16 heavy (non-hydrogen) atoms. The van der Waals surface area contributed by atoms with Crippen LogP contribution in [0, 0.1) is 0 Å². The van der Waals surface area contributed by atoms with Crippen LogP contribution in [0.1, 0.15) is 25.8 Å². The third-order valence-corrected chi connectivity index (χ3v) is 3.71. The Morgan fingerprint density at radius 3 is 2.38 bits per heavy atom. The van der Waals surface area contributed by atoms with E-state index in [1.54, 1.807) is 0 Å². The zero-order valence-electron chi connectivity index (χ0n) is 9.91. The fourth-order valence-corrected chi connectivity index (χ4v) is 2.34. The largest absolute Gasteiger partial charge is 0.297 e. The first-order valence-electron chi connectivity index (χ1n) is 5.86. The molecule has 0 spiro atoms. The van der Waals surface area contributed by atoms with Gasteiger partial charge in [0.2, 0.25) is 0 Å². The number of hydrogen-bond donors (Lipinski definition) is 0. The summed E-state index contributed by atoms with van der Waals surface area (Å²) in [5, 5.41) is 0. The third kappa shape index (κ3) is 2.74. The molecule has 1 aliphatic rings. The fraction of sp³-hybridized carbons (Fsp3) is 0.429. The lowest BCUT2D eigenvalue weighted by molar-refractivity contribution is 0.245. The van der Waals surface area contributed by atoms with Gasteiger partial charge in [-0.3, -0.25) is 4.90 Å². The maximum atomic E-state index is 3.47. The second-order valence-corrected chi connectivity index (χ2v) is 5.49. The molecule has 0 saturated carbocycles. The van der Waals surface area contributed by atoms with E-state index in [0.29, 0.717) is 6.04 Å². The first-order valence-corrected chi connectivity index (χ1v) is 6.65. The van der Waals surface area contributed by atoms with Crippen LogP contribution in [-0.4, -0.2) is 24.0 Å². The molecule has 0 amide bonds. The number of rotatable bonds is 2. The molecule has 0 bridgehead atoms. The lowest BCUT2D eigenvalue weighted by Gasteiger charge is -2.29. The van der Waals surface area contributed by atoms with E-state index in [9.17, 15) is 0 Å². The lowest BCUT2D eigenvalue weighted by atomic mass is 9.99. The van der Waals surface area contributed by atoms with Crippen LogP contribution in [0.5, 0.6) is 0 Å². The molecule has 1 aromatic rings. The molecule has 86 valence electrons. The summed E-state index contributed by atoms with van der Waals surface area (Å²) in [4.78, 5) is 2.50. The summed E-state index contributed by atoms with van der Waals surface area (Å²) in [6, 6.07) is 9.28. The molecule has 1 aliphatic heterocycles. The van der Waals surface area contributed by atoms with Crippen LogP contribution in [0.3, 0.4) is 0 Å². The molecule has 0 aromatic heterocycles. The van der Waals surface area contributed by atoms with Crippen molar-refractivity contribution in [2.45, 2.75) is 26.3 Å². The summed E-state index contributed by atoms with van der Waals surface area (Å²) in [6.45, 7) is 6.79.